The average Bonchev–Trinajstić information content (AvgIpc) is 3.18. The van der Waals surface area contributed by atoms with Crippen LogP contribution in [0.25, 0.3) is 6.08 Å². The standard InChI is InChI=1S/C27H28N2O5S2/c1-6-33-20-13-8-17(14-21(20)32-4)15-22-25(30)29-24(18-9-11-19(35-5)12-10-18)23(26(31)34-7-2)16(3)28-27(29)36-22/h8-15,24H,6-7H2,1-5H3. The van der Waals surface area contributed by atoms with Crippen molar-refractivity contribution in [2.24, 2.45) is 4.99 Å². The van der Waals surface area contributed by atoms with Crippen molar-refractivity contribution in [2.45, 2.75) is 31.7 Å². The third-order valence-electron chi connectivity index (χ3n) is 5.73. The van der Waals surface area contributed by atoms with Gasteiger partial charge in [0.25, 0.3) is 5.56 Å². The van der Waals surface area contributed by atoms with E-state index in [4.69, 9.17) is 14.2 Å². The number of carbonyl (C=O) groups excluding carboxylic acids is 1. The lowest BCUT2D eigenvalue weighted by atomic mass is 9.96. The molecule has 1 aliphatic rings. The maximum absolute atomic E-state index is 13.7. The Morgan fingerprint density at radius 3 is 2.53 bits per heavy atom. The van der Waals surface area contributed by atoms with E-state index in [1.807, 2.05) is 55.6 Å². The zero-order valence-electron chi connectivity index (χ0n) is 20.9. The second-order valence-corrected chi connectivity index (χ2v) is 9.81. The summed E-state index contributed by atoms with van der Waals surface area (Å²) in [4.78, 5) is 33.0. The van der Waals surface area contributed by atoms with Gasteiger partial charge in [0.1, 0.15) is 0 Å². The smallest absolute Gasteiger partial charge is 0.338 e. The van der Waals surface area contributed by atoms with Gasteiger partial charge in [-0.3, -0.25) is 9.36 Å². The van der Waals surface area contributed by atoms with Crippen LogP contribution in [-0.2, 0) is 9.53 Å². The Bertz CT molecular complexity index is 1490. The second-order valence-electron chi connectivity index (χ2n) is 7.92. The van der Waals surface area contributed by atoms with Gasteiger partial charge in [0.2, 0.25) is 0 Å². The highest BCUT2D eigenvalue weighted by Crippen LogP contribution is 2.32. The summed E-state index contributed by atoms with van der Waals surface area (Å²) in [6, 6.07) is 12.8. The molecule has 2 heterocycles. The van der Waals surface area contributed by atoms with Crippen molar-refractivity contribution in [1.29, 1.82) is 0 Å². The molecule has 188 valence electrons. The van der Waals surface area contributed by atoms with Crippen LogP contribution in [0.5, 0.6) is 11.5 Å². The van der Waals surface area contributed by atoms with Crippen LogP contribution >= 0.6 is 23.1 Å². The minimum Gasteiger partial charge on any atom is -0.493 e. The Morgan fingerprint density at radius 2 is 1.89 bits per heavy atom. The van der Waals surface area contributed by atoms with E-state index in [1.54, 1.807) is 43.4 Å². The van der Waals surface area contributed by atoms with Gasteiger partial charge in [-0.15, -0.1) is 11.8 Å². The zero-order chi connectivity index (χ0) is 25.8. The molecule has 4 rings (SSSR count). The lowest BCUT2D eigenvalue weighted by Crippen LogP contribution is -2.39. The molecule has 0 saturated heterocycles. The van der Waals surface area contributed by atoms with Crippen LogP contribution in [0.1, 0.15) is 37.9 Å². The summed E-state index contributed by atoms with van der Waals surface area (Å²) in [6.45, 7) is 6.21. The zero-order valence-corrected chi connectivity index (χ0v) is 22.5. The highest BCUT2D eigenvalue weighted by atomic mass is 32.2. The number of ether oxygens (including phenoxy) is 3. The molecule has 1 aliphatic heterocycles. The first kappa shape index (κ1) is 25.8. The van der Waals surface area contributed by atoms with Gasteiger partial charge in [-0.1, -0.05) is 29.5 Å². The van der Waals surface area contributed by atoms with Gasteiger partial charge in [0.05, 0.1) is 42.2 Å². The van der Waals surface area contributed by atoms with E-state index in [0.717, 1.165) is 16.0 Å². The third kappa shape index (κ3) is 4.99. The van der Waals surface area contributed by atoms with Crippen molar-refractivity contribution >= 4 is 35.1 Å². The Kier molecular flexibility index (Phi) is 8.01. The second kappa shape index (κ2) is 11.2. The van der Waals surface area contributed by atoms with Crippen molar-refractivity contribution in [1.82, 2.24) is 4.57 Å². The number of thioether (sulfide) groups is 1. The molecular formula is C27H28N2O5S2. The number of rotatable bonds is 8. The number of benzene rings is 2. The van der Waals surface area contributed by atoms with Gasteiger partial charge >= 0.3 is 5.97 Å². The van der Waals surface area contributed by atoms with E-state index in [-0.39, 0.29) is 12.2 Å². The fraction of sp³-hybridized carbons (Fsp3) is 0.296. The fourth-order valence-electron chi connectivity index (χ4n) is 4.09. The van der Waals surface area contributed by atoms with Gasteiger partial charge in [-0.05, 0) is 68.5 Å². The van der Waals surface area contributed by atoms with Crippen LogP contribution in [0, 0.1) is 0 Å². The molecule has 3 aromatic rings. The number of esters is 1. The maximum Gasteiger partial charge on any atom is 0.338 e. The lowest BCUT2D eigenvalue weighted by Gasteiger charge is -2.24. The van der Waals surface area contributed by atoms with Gasteiger partial charge in [-0.25, -0.2) is 9.79 Å². The molecular weight excluding hydrogens is 496 g/mol. The van der Waals surface area contributed by atoms with Crippen LogP contribution < -0.4 is 24.4 Å². The molecule has 0 aliphatic carbocycles. The fourth-order valence-corrected chi connectivity index (χ4v) is 5.55. The molecule has 1 aromatic heterocycles. The minimum atomic E-state index is -0.631. The number of thiazole rings is 1. The molecule has 0 bridgehead atoms. The summed E-state index contributed by atoms with van der Waals surface area (Å²) >= 11 is 2.92. The predicted molar refractivity (Wildman–Crippen MR) is 143 cm³/mol. The Morgan fingerprint density at radius 1 is 1.14 bits per heavy atom. The number of aromatic nitrogens is 1. The van der Waals surface area contributed by atoms with Crippen LogP contribution in [0.15, 0.2) is 68.4 Å². The predicted octanol–water partition coefficient (Wildman–Crippen LogP) is 3.93. The molecule has 1 atom stereocenters. The first-order chi connectivity index (χ1) is 17.4. The number of carbonyl (C=O) groups is 1. The first-order valence-corrected chi connectivity index (χ1v) is 13.6. The monoisotopic (exact) mass is 524 g/mol. The topological polar surface area (TPSA) is 79.1 Å². The summed E-state index contributed by atoms with van der Waals surface area (Å²) in [7, 11) is 1.58. The van der Waals surface area contributed by atoms with E-state index in [1.165, 1.54) is 11.3 Å². The molecule has 0 amide bonds. The number of hydrogen-bond donors (Lipinski definition) is 0. The van der Waals surface area contributed by atoms with E-state index in [2.05, 4.69) is 4.99 Å². The molecule has 7 nitrogen and oxygen atoms in total. The summed E-state index contributed by atoms with van der Waals surface area (Å²) < 4.78 is 18.5. The van der Waals surface area contributed by atoms with Crippen molar-refractivity contribution < 1.29 is 19.0 Å². The van der Waals surface area contributed by atoms with E-state index in [9.17, 15) is 9.59 Å². The van der Waals surface area contributed by atoms with Crippen molar-refractivity contribution in [3.8, 4) is 11.5 Å². The molecule has 0 radical (unpaired) electrons. The van der Waals surface area contributed by atoms with Gasteiger partial charge in [-0.2, -0.15) is 0 Å². The Hall–Kier alpha value is -3.30. The number of methoxy groups -OCH3 is 1. The van der Waals surface area contributed by atoms with Crippen molar-refractivity contribution in [2.75, 3.05) is 26.6 Å². The average molecular weight is 525 g/mol. The summed E-state index contributed by atoms with van der Waals surface area (Å²) in [6.07, 6.45) is 3.81. The number of fused-ring (bicyclic) bond motifs is 1. The maximum atomic E-state index is 13.7. The molecule has 0 spiro atoms. The molecule has 36 heavy (non-hydrogen) atoms. The number of hydrogen-bond acceptors (Lipinski definition) is 8. The van der Waals surface area contributed by atoms with E-state index in [0.29, 0.717) is 38.7 Å². The SMILES string of the molecule is CCOC(=O)C1=C(C)N=c2sc(=Cc3ccc(OCC)c(OC)c3)c(=O)n2C1c1ccc(SC)cc1. The molecule has 2 aromatic carbocycles. The van der Waals surface area contributed by atoms with Crippen molar-refractivity contribution in [3.63, 3.8) is 0 Å². The number of allylic oxidation sites excluding steroid dienone is 1. The largest absolute Gasteiger partial charge is 0.493 e. The third-order valence-corrected chi connectivity index (χ3v) is 7.46. The van der Waals surface area contributed by atoms with Gasteiger partial charge < -0.3 is 14.2 Å². The highest BCUT2D eigenvalue weighted by Gasteiger charge is 2.33. The highest BCUT2D eigenvalue weighted by molar-refractivity contribution is 7.98. The quantitative estimate of drug-likeness (QED) is 0.328. The summed E-state index contributed by atoms with van der Waals surface area (Å²) in [5.41, 5.74) is 2.31. The minimum absolute atomic E-state index is 0.222. The van der Waals surface area contributed by atoms with Crippen LogP contribution in [0.3, 0.4) is 0 Å². The normalized spacial score (nSPS) is 15.4. The summed E-state index contributed by atoms with van der Waals surface area (Å²) in [5.74, 6) is 0.760. The van der Waals surface area contributed by atoms with Crippen LogP contribution in [0.4, 0.5) is 0 Å². The molecule has 0 fully saturated rings. The van der Waals surface area contributed by atoms with Gasteiger partial charge in [0, 0.05) is 4.90 Å². The Labute approximate surface area is 217 Å². The molecule has 0 N–H and O–H groups in total. The lowest BCUT2D eigenvalue weighted by molar-refractivity contribution is -0.139. The van der Waals surface area contributed by atoms with Gasteiger partial charge in [0.15, 0.2) is 16.3 Å². The molecule has 1 unspecified atom stereocenters. The first-order valence-electron chi connectivity index (χ1n) is 11.6. The summed E-state index contributed by atoms with van der Waals surface area (Å²) in [5, 5.41) is 0. The number of nitrogens with zero attached hydrogens (tertiary/aromatic N) is 2. The van der Waals surface area contributed by atoms with E-state index < -0.39 is 12.0 Å². The van der Waals surface area contributed by atoms with Crippen LogP contribution in [0.2, 0.25) is 0 Å². The van der Waals surface area contributed by atoms with E-state index >= 15 is 0 Å². The van der Waals surface area contributed by atoms with Crippen LogP contribution in [-0.4, -0.2) is 37.1 Å². The molecule has 0 saturated carbocycles. The Balaban J connectivity index is 1.89. The molecule has 9 heteroatoms. The van der Waals surface area contributed by atoms with Crippen molar-refractivity contribution in [3.05, 3.63) is 84.5 Å².